The van der Waals surface area contributed by atoms with Crippen molar-refractivity contribution in [3.63, 3.8) is 0 Å². The van der Waals surface area contributed by atoms with E-state index in [2.05, 4.69) is 15.4 Å². The van der Waals surface area contributed by atoms with E-state index in [1.807, 2.05) is 5.01 Å². The van der Waals surface area contributed by atoms with Crippen LogP contribution < -0.4 is 25.6 Å². The zero-order valence-corrected chi connectivity index (χ0v) is 14.6. The van der Waals surface area contributed by atoms with Crippen molar-refractivity contribution in [1.29, 1.82) is 0 Å². The van der Waals surface area contributed by atoms with Gasteiger partial charge in [-0.3, -0.25) is 5.01 Å². The van der Waals surface area contributed by atoms with Gasteiger partial charge in [0.15, 0.2) is 0 Å². The molecule has 2 heterocycles. The van der Waals surface area contributed by atoms with Crippen LogP contribution in [0.3, 0.4) is 0 Å². The van der Waals surface area contributed by atoms with Crippen LogP contribution >= 0.6 is 0 Å². The van der Waals surface area contributed by atoms with Gasteiger partial charge < -0.3 is 20.6 Å². The fraction of sp³-hybridized carbons (Fsp3) is 0.333. The van der Waals surface area contributed by atoms with E-state index in [0.717, 1.165) is 24.8 Å². The molecule has 1 fully saturated rings. The van der Waals surface area contributed by atoms with Gasteiger partial charge >= 0.3 is 6.01 Å². The minimum absolute atomic E-state index is 0.157. The Kier molecular flexibility index (Phi) is 4.02. The third-order valence-electron chi connectivity index (χ3n) is 4.85. The van der Waals surface area contributed by atoms with E-state index in [-0.39, 0.29) is 17.9 Å². The van der Waals surface area contributed by atoms with Crippen LogP contribution in [0.1, 0.15) is 24.8 Å². The van der Waals surface area contributed by atoms with Crippen molar-refractivity contribution in [3.8, 4) is 23.0 Å². The topological polar surface area (TPSA) is 85.5 Å². The van der Waals surface area contributed by atoms with Gasteiger partial charge in [-0.15, -0.1) is 0 Å². The molecule has 2 aliphatic rings. The van der Waals surface area contributed by atoms with E-state index in [9.17, 15) is 4.39 Å². The van der Waals surface area contributed by atoms with Crippen molar-refractivity contribution >= 4 is 11.4 Å². The van der Waals surface area contributed by atoms with Crippen LogP contribution in [0.4, 0.5) is 10.1 Å². The molecule has 136 valence electrons. The summed E-state index contributed by atoms with van der Waals surface area (Å²) in [7, 11) is 2.95. The second-order valence-corrected chi connectivity index (χ2v) is 6.28. The summed E-state index contributed by atoms with van der Waals surface area (Å²) in [6.45, 7) is 0. The number of halogens is 1. The smallest absolute Gasteiger partial charge is 0.319 e. The first-order valence-corrected chi connectivity index (χ1v) is 8.43. The molecule has 2 aromatic rings. The number of nitrogens with two attached hydrogens (primary N) is 1. The van der Waals surface area contributed by atoms with E-state index < -0.39 is 5.82 Å². The van der Waals surface area contributed by atoms with Gasteiger partial charge in [0, 0.05) is 18.0 Å². The predicted molar refractivity (Wildman–Crippen MR) is 95.9 cm³/mol. The Hall–Kier alpha value is -3.03. The van der Waals surface area contributed by atoms with Gasteiger partial charge in [0.25, 0.3) is 0 Å². The SMILES string of the molecule is COc1ncc(-c2c(F)ccc3c2N(C2CCC2)NC=C3N)c(OC)n1. The van der Waals surface area contributed by atoms with Crippen molar-refractivity contribution in [2.75, 3.05) is 19.2 Å². The van der Waals surface area contributed by atoms with E-state index in [0.29, 0.717) is 22.5 Å². The van der Waals surface area contributed by atoms with Crippen LogP contribution in [0.5, 0.6) is 11.9 Å². The Morgan fingerprint density at radius 1 is 1.23 bits per heavy atom. The second kappa shape index (κ2) is 6.36. The molecule has 1 aromatic carbocycles. The zero-order chi connectivity index (χ0) is 18.3. The molecule has 1 saturated carbocycles. The van der Waals surface area contributed by atoms with Gasteiger partial charge in [-0.2, -0.15) is 4.98 Å². The number of hydrogen-bond acceptors (Lipinski definition) is 7. The van der Waals surface area contributed by atoms with Gasteiger partial charge in [-0.25, -0.2) is 9.37 Å². The number of anilines is 1. The molecule has 0 unspecified atom stereocenters. The lowest BCUT2D eigenvalue weighted by Crippen LogP contribution is -2.49. The molecule has 0 amide bonds. The standard InChI is InChI=1S/C18H20FN5O2/c1-25-17-12(8-21-18(23-17)26-2)15-13(19)7-6-11-14(20)9-22-24(16(11)15)10-4-3-5-10/h6-10,22H,3-5,20H2,1-2H3. The summed E-state index contributed by atoms with van der Waals surface area (Å²) in [5.41, 5.74) is 12.1. The highest BCUT2D eigenvalue weighted by molar-refractivity contribution is 5.91. The number of aromatic nitrogens is 2. The molecule has 1 aromatic heterocycles. The summed E-state index contributed by atoms with van der Waals surface area (Å²) in [5, 5.41) is 1.98. The second-order valence-electron chi connectivity index (χ2n) is 6.28. The van der Waals surface area contributed by atoms with Crippen molar-refractivity contribution < 1.29 is 13.9 Å². The van der Waals surface area contributed by atoms with E-state index in [1.54, 1.807) is 12.3 Å². The van der Waals surface area contributed by atoms with Crippen LogP contribution in [-0.4, -0.2) is 30.2 Å². The molecule has 26 heavy (non-hydrogen) atoms. The monoisotopic (exact) mass is 357 g/mol. The fourth-order valence-electron chi connectivity index (χ4n) is 3.30. The van der Waals surface area contributed by atoms with Crippen LogP contribution in [0.2, 0.25) is 0 Å². The van der Waals surface area contributed by atoms with Crippen LogP contribution in [0.25, 0.3) is 16.8 Å². The number of hydrogen-bond donors (Lipinski definition) is 2. The lowest BCUT2D eigenvalue weighted by molar-refractivity contribution is 0.352. The summed E-state index contributed by atoms with van der Waals surface area (Å²) >= 11 is 0. The number of ether oxygens (including phenoxy) is 2. The third kappa shape index (κ3) is 2.49. The minimum atomic E-state index is -0.392. The molecule has 0 bridgehead atoms. The maximum atomic E-state index is 15.0. The number of nitrogens with zero attached hydrogens (tertiary/aromatic N) is 3. The van der Waals surface area contributed by atoms with Crippen molar-refractivity contribution in [3.05, 3.63) is 35.9 Å². The summed E-state index contributed by atoms with van der Waals surface area (Å²) in [5.74, 6) is -0.150. The lowest BCUT2D eigenvalue weighted by atomic mass is 9.89. The zero-order valence-electron chi connectivity index (χ0n) is 14.6. The highest BCUT2D eigenvalue weighted by Crippen LogP contribution is 2.44. The molecule has 0 radical (unpaired) electrons. The molecule has 8 heteroatoms. The predicted octanol–water partition coefficient (Wildman–Crippen LogP) is 2.43. The number of fused-ring (bicyclic) bond motifs is 1. The highest BCUT2D eigenvalue weighted by atomic mass is 19.1. The maximum absolute atomic E-state index is 15.0. The first kappa shape index (κ1) is 16.4. The number of methoxy groups -OCH3 is 2. The minimum Gasteiger partial charge on any atom is -0.480 e. The summed E-state index contributed by atoms with van der Waals surface area (Å²) < 4.78 is 25.4. The molecule has 1 aliphatic heterocycles. The van der Waals surface area contributed by atoms with Gasteiger partial charge in [0.2, 0.25) is 5.88 Å². The Morgan fingerprint density at radius 2 is 2.04 bits per heavy atom. The van der Waals surface area contributed by atoms with Gasteiger partial charge in [-0.1, -0.05) is 0 Å². The van der Waals surface area contributed by atoms with E-state index in [4.69, 9.17) is 15.2 Å². The number of nitrogens with one attached hydrogen (secondary N) is 1. The molecule has 0 spiro atoms. The Morgan fingerprint density at radius 3 is 2.69 bits per heavy atom. The molecule has 1 aliphatic carbocycles. The first-order valence-electron chi connectivity index (χ1n) is 8.43. The maximum Gasteiger partial charge on any atom is 0.319 e. The molecule has 4 rings (SSSR count). The normalized spacial score (nSPS) is 16.3. The third-order valence-corrected chi connectivity index (χ3v) is 4.85. The molecule has 0 saturated heterocycles. The van der Waals surface area contributed by atoms with Crippen LogP contribution in [0.15, 0.2) is 24.5 Å². The molecule has 3 N–H and O–H groups in total. The van der Waals surface area contributed by atoms with Gasteiger partial charge in [-0.05, 0) is 31.4 Å². The van der Waals surface area contributed by atoms with E-state index >= 15 is 0 Å². The van der Waals surface area contributed by atoms with Crippen LogP contribution in [0, 0.1) is 5.82 Å². The molecule has 7 nitrogen and oxygen atoms in total. The number of hydrazine groups is 1. The van der Waals surface area contributed by atoms with Crippen molar-refractivity contribution in [1.82, 2.24) is 15.4 Å². The summed E-state index contributed by atoms with van der Waals surface area (Å²) in [6.07, 6.45) is 6.47. The first-order chi connectivity index (χ1) is 12.6. The number of benzene rings is 1. The van der Waals surface area contributed by atoms with Gasteiger partial charge in [0.1, 0.15) is 5.82 Å². The molecular formula is C18H20FN5O2. The van der Waals surface area contributed by atoms with Crippen molar-refractivity contribution in [2.45, 2.75) is 25.3 Å². The average molecular weight is 357 g/mol. The Bertz CT molecular complexity index is 882. The van der Waals surface area contributed by atoms with Crippen LogP contribution in [-0.2, 0) is 0 Å². The quantitative estimate of drug-likeness (QED) is 0.869. The average Bonchev–Trinajstić information content (AvgIpc) is 2.62. The fourth-order valence-corrected chi connectivity index (χ4v) is 3.30. The largest absolute Gasteiger partial charge is 0.480 e. The Balaban J connectivity index is 1.95. The Labute approximate surface area is 150 Å². The van der Waals surface area contributed by atoms with E-state index in [1.165, 1.54) is 26.5 Å². The lowest BCUT2D eigenvalue weighted by Gasteiger charge is -2.42. The highest BCUT2D eigenvalue weighted by Gasteiger charge is 2.33. The molecular weight excluding hydrogens is 337 g/mol. The summed E-state index contributed by atoms with van der Waals surface area (Å²) in [4.78, 5) is 8.32. The van der Waals surface area contributed by atoms with Gasteiger partial charge in [0.05, 0.1) is 42.8 Å². The van der Waals surface area contributed by atoms with Crippen molar-refractivity contribution in [2.24, 2.45) is 5.73 Å². The summed E-state index contributed by atoms with van der Waals surface area (Å²) in [6, 6.07) is 3.54. The molecule has 0 atom stereocenters. The number of rotatable bonds is 4.